The molecule has 32 heavy (non-hydrogen) atoms. The Labute approximate surface area is 188 Å². The second-order valence-electron chi connectivity index (χ2n) is 8.52. The van der Waals surface area contributed by atoms with Crippen molar-refractivity contribution in [2.24, 2.45) is 0 Å². The largest absolute Gasteiger partial charge is 0.490 e. The first-order valence-electron chi connectivity index (χ1n) is 11.5. The molecule has 5 rings (SSSR count). The lowest BCUT2D eigenvalue weighted by molar-refractivity contribution is -0.126. The van der Waals surface area contributed by atoms with Crippen LogP contribution in [0.25, 0.3) is 6.08 Å². The zero-order chi connectivity index (χ0) is 21.9. The molecule has 2 saturated heterocycles. The molecule has 6 nitrogen and oxygen atoms in total. The van der Waals surface area contributed by atoms with Gasteiger partial charge in [0, 0.05) is 37.7 Å². The SMILES string of the molecule is O=C1CCCN1c1ccc(/C=C/C(=O)N2CCCC2c2ccc3c(c2)OCCCO3)cc1. The summed E-state index contributed by atoms with van der Waals surface area (Å²) in [5.41, 5.74) is 2.96. The molecule has 0 N–H and O–H groups in total. The molecule has 1 atom stereocenters. The molecule has 2 aromatic rings. The van der Waals surface area contributed by atoms with Gasteiger partial charge < -0.3 is 19.3 Å². The van der Waals surface area contributed by atoms with Gasteiger partial charge in [0.15, 0.2) is 11.5 Å². The second kappa shape index (κ2) is 9.07. The third-order valence-corrected chi connectivity index (χ3v) is 6.39. The van der Waals surface area contributed by atoms with Crippen molar-refractivity contribution in [1.29, 1.82) is 0 Å². The third kappa shape index (κ3) is 4.22. The van der Waals surface area contributed by atoms with E-state index in [9.17, 15) is 9.59 Å². The van der Waals surface area contributed by atoms with E-state index in [1.165, 1.54) is 0 Å². The molecule has 166 valence electrons. The maximum atomic E-state index is 13.0. The van der Waals surface area contributed by atoms with Gasteiger partial charge >= 0.3 is 0 Å². The lowest BCUT2D eigenvalue weighted by atomic mass is 10.0. The Bertz CT molecular complexity index is 1030. The van der Waals surface area contributed by atoms with Gasteiger partial charge in [-0.1, -0.05) is 18.2 Å². The van der Waals surface area contributed by atoms with Crippen molar-refractivity contribution in [3.05, 3.63) is 59.7 Å². The van der Waals surface area contributed by atoms with Gasteiger partial charge in [0.05, 0.1) is 19.3 Å². The number of benzene rings is 2. The highest BCUT2D eigenvalue weighted by Gasteiger charge is 2.29. The van der Waals surface area contributed by atoms with E-state index >= 15 is 0 Å². The predicted octanol–water partition coefficient (Wildman–Crippen LogP) is 4.35. The first kappa shape index (κ1) is 20.6. The molecule has 2 aromatic carbocycles. The van der Waals surface area contributed by atoms with Crippen LogP contribution in [-0.4, -0.2) is 43.0 Å². The minimum atomic E-state index is 0.0124. The minimum Gasteiger partial charge on any atom is -0.490 e. The molecule has 0 spiro atoms. The number of likely N-dealkylation sites (tertiary alicyclic amines) is 1. The van der Waals surface area contributed by atoms with Gasteiger partial charge in [-0.2, -0.15) is 0 Å². The van der Waals surface area contributed by atoms with Crippen LogP contribution in [0.3, 0.4) is 0 Å². The average Bonchev–Trinajstić information content (AvgIpc) is 3.41. The third-order valence-electron chi connectivity index (χ3n) is 6.39. The van der Waals surface area contributed by atoms with Gasteiger partial charge in [0.2, 0.25) is 11.8 Å². The Kier molecular flexibility index (Phi) is 5.84. The van der Waals surface area contributed by atoms with E-state index in [2.05, 4.69) is 0 Å². The summed E-state index contributed by atoms with van der Waals surface area (Å²) in [6.07, 6.45) is 7.83. The molecule has 3 aliphatic rings. The first-order valence-corrected chi connectivity index (χ1v) is 11.5. The van der Waals surface area contributed by atoms with E-state index in [0.717, 1.165) is 67.1 Å². The van der Waals surface area contributed by atoms with Crippen LogP contribution in [0.5, 0.6) is 11.5 Å². The van der Waals surface area contributed by atoms with E-state index < -0.39 is 0 Å². The summed E-state index contributed by atoms with van der Waals surface area (Å²) in [5, 5.41) is 0. The predicted molar refractivity (Wildman–Crippen MR) is 123 cm³/mol. The fraction of sp³-hybridized carbons (Fsp3) is 0.385. The first-order chi connectivity index (χ1) is 15.7. The zero-order valence-corrected chi connectivity index (χ0v) is 18.2. The van der Waals surface area contributed by atoms with Crippen molar-refractivity contribution in [1.82, 2.24) is 4.90 Å². The van der Waals surface area contributed by atoms with Crippen LogP contribution in [0.4, 0.5) is 5.69 Å². The van der Waals surface area contributed by atoms with Crippen LogP contribution in [-0.2, 0) is 9.59 Å². The van der Waals surface area contributed by atoms with E-state index in [1.54, 1.807) is 6.08 Å². The number of nitrogens with zero attached hydrogens (tertiary/aromatic N) is 2. The molecular weight excluding hydrogens is 404 g/mol. The molecule has 0 saturated carbocycles. The summed E-state index contributed by atoms with van der Waals surface area (Å²) in [6.45, 7) is 2.85. The highest BCUT2D eigenvalue weighted by Crippen LogP contribution is 2.38. The van der Waals surface area contributed by atoms with Crippen molar-refractivity contribution in [3.63, 3.8) is 0 Å². The summed E-state index contributed by atoms with van der Waals surface area (Å²) in [5.74, 6) is 1.74. The van der Waals surface area contributed by atoms with Gasteiger partial charge in [-0.15, -0.1) is 0 Å². The van der Waals surface area contributed by atoms with Crippen molar-refractivity contribution in [2.75, 3.05) is 31.2 Å². The number of fused-ring (bicyclic) bond motifs is 1. The Morgan fingerprint density at radius 3 is 2.53 bits per heavy atom. The minimum absolute atomic E-state index is 0.0124. The fourth-order valence-electron chi connectivity index (χ4n) is 4.71. The number of carbonyl (C=O) groups excluding carboxylic acids is 2. The molecule has 0 radical (unpaired) electrons. The van der Waals surface area contributed by atoms with Gasteiger partial charge in [0.1, 0.15) is 0 Å². The molecule has 2 amide bonds. The normalized spacial score (nSPS) is 20.8. The van der Waals surface area contributed by atoms with E-state index in [-0.39, 0.29) is 17.9 Å². The summed E-state index contributed by atoms with van der Waals surface area (Å²) in [6, 6.07) is 13.9. The summed E-state index contributed by atoms with van der Waals surface area (Å²) in [4.78, 5) is 28.7. The number of carbonyl (C=O) groups is 2. The topological polar surface area (TPSA) is 59.1 Å². The van der Waals surface area contributed by atoms with Crippen LogP contribution in [0.2, 0.25) is 0 Å². The summed E-state index contributed by atoms with van der Waals surface area (Å²) >= 11 is 0. The van der Waals surface area contributed by atoms with Crippen LogP contribution < -0.4 is 14.4 Å². The maximum absolute atomic E-state index is 13.0. The van der Waals surface area contributed by atoms with Crippen molar-refractivity contribution < 1.29 is 19.1 Å². The van der Waals surface area contributed by atoms with Crippen molar-refractivity contribution in [2.45, 2.75) is 38.1 Å². The molecule has 3 heterocycles. The molecule has 2 fully saturated rings. The molecule has 3 aliphatic heterocycles. The summed E-state index contributed by atoms with van der Waals surface area (Å²) < 4.78 is 11.6. The number of amides is 2. The Morgan fingerprint density at radius 1 is 0.938 bits per heavy atom. The lowest BCUT2D eigenvalue weighted by Gasteiger charge is -2.24. The standard InChI is InChI=1S/C26H28N2O4/c29-25-5-2-14-27(25)21-10-6-19(7-11-21)8-13-26(30)28-15-1-4-22(28)20-9-12-23-24(18-20)32-17-3-16-31-23/h6-13,18,22H,1-5,14-17H2/b13-8+. The van der Waals surface area contributed by atoms with E-state index in [4.69, 9.17) is 9.47 Å². The summed E-state index contributed by atoms with van der Waals surface area (Å²) in [7, 11) is 0. The van der Waals surface area contributed by atoms with Crippen LogP contribution >= 0.6 is 0 Å². The highest BCUT2D eigenvalue weighted by molar-refractivity contribution is 5.95. The van der Waals surface area contributed by atoms with Crippen LogP contribution in [0, 0.1) is 0 Å². The monoisotopic (exact) mass is 432 g/mol. The Balaban J connectivity index is 1.27. The molecule has 6 heteroatoms. The van der Waals surface area contributed by atoms with Gasteiger partial charge in [-0.05, 0) is 60.7 Å². The van der Waals surface area contributed by atoms with Gasteiger partial charge in [-0.3, -0.25) is 9.59 Å². The van der Waals surface area contributed by atoms with Crippen LogP contribution in [0.1, 0.15) is 49.3 Å². The molecule has 1 unspecified atom stereocenters. The smallest absolute Gasteiger partial charge is 0.247 e. The molecule has 0 aromatic heterocycles. The number of hydrogen-bond donors (Lipinski definition) is 0. The Morgan fingerprint density at radius 2 is 1.75 bits per heavy atom. The Hall–Kier alpha value is -3.28. The zero-order valence-electron chi connectivity index (χ0n) is 18.2. The van der Waals surface area contributed by atoms with Crippen molar-refractivity contribution in [3.8, 4) is 11.5 Å². The fourth-order valence-corrected chi connectivity index (χ4v) is 4.71. The van der Waals surface area contributed by atoms with Crippen LogP contribution in [0.15, 0.2) is 48.5 Å². The molecule has 0 bridgehead atoms. The number of ether oxygens (including phenoxy) is 2. The highest BCUT2D eigenvalue weighted by atomic mass is 16.5. The number of rotatable bonds is 4. The van der Waals surface area contributed by atoms with E-state index in [1.807, 2.05) is 58.3 Å². The number of hydrogen-bond acceptors (Lipinski definition) is 4. The molecular formula is C26H28N2O4. The average molecular weight is 433 g/mol. The molecule has 0 aliphatic carbocycles. The van der Waals surface area contributed by atoms with E-state index in [0.29, 0.717) is 19.6 Å². The van der Waals surface area contributed by atoms with Gasteiger partial charge in [0.25, 0.3) is 0 Å². The van der Waals surface area contributed by atoms with Crippen molar-refractivity contribution >= 4 is 23.6 Å². The van der Waals surface area contributed by atoms with Gasteiger partial charge in [-0.25, -0.2) is 0 Å². The second-order valence-corrected chi connectivity index (χ2v) is 8.52. The maximum Gasteiger partial charge on any atom is 0.247 e. The number of anilines is 1. The lowest BCUT2D eigenvalue weighted by Crippen LogP contribution is -2.28. The quantitative estimate of drug-likeness (QED) is 0.674.